The van der Waals surface area contributed by atoms with Gasteiger partial charge in [0.1, 0.15) is 5.75 Å². The lowest BCUT2D eigenvalue weighted by Crippen LogP contribution is -2.45. The number of fused-ring (bicyclic) bond motifs is 1. The van der Waals surface area contributed by atoms with E-state index in [0.717, 1.165) is 36.0 Å². The average Bonchev–Trinajstić information content (AvgIpc) is 2.99. The highest BCUT2D eigenvalue weighted by Gasteiger charge is 2.29. The first-order valence-corrected chi connectivity index (χ1v) is 17.9. The molecule has 3 aromatic carbocycles. The molecule has 0 aromatic heterocycles. The highest BCUT2D eigenvalue weighted by molar-refractivity contribution is 7.92. The third-order valence-electron chi connectivity index (χ3n) is 8.42. The van der Waals surface area contributed by atoms with Crippen LogP contribution in [0.25, 0.3) is 11.1 Å². The third-order valence-corrected chi connectivity index (χ3v) is 9.01. The summed E-state index contributed by atoms with van der Waals surface area (Å²) in [7, 11) is -2.04. The Labute approximate surface area is 279 Å². The summed E-state index contributed by atoms with van der Waals surface area (Å²) in [6, 6.07) is 17.8. The molecule has 2 heterocycles. The molecule has 1 saturated heterocycles. The number of nitrogens with zero attached hydrogens (tertiary/aromatic N) is 2. The number of hydrogen-bond donors (Lipinski definition) is 1. The zero-order valence-corrected chi connectivity index (χ0v) is 29.3. The maximum Gasteiger partial charge on any atom is 0.258 e. The van der Waals surface area contributed by atoms with Crippen molar-refractivity contribution in [2.24, 2.45) is 0 Å². The second-order valence-corrected chi connectivity index (χ2v) is 15.2. The molecule has 1 amide bonds. The molecule has 2 aliphatic rings. The van der Waals surface area contributed by atoms with Crippen LogP contribution in [0.4, 0.5) is 17.1 Å². The number of methoxy groups -OCH3 is 1. The minimum absolute atomic E-state index is 0.00139. The summed E-state index contributed by atoms with van der Waals surface area (Å²) < 4.78 is 48.9. The van der Waals surface area contributed by atoms with Crippen molar-refractivity contribution in [3.05, 3.63) is 71.3 Å². The van der Waals surface area contributed by atoms with Crippen molar-refractivity contribution in [2.45, 2.75) is 58.7 Å². The van der Waals surface area contributed by atoms with Gasteiger partial charge in [0, 0.05) is 49.2 Å². The molecule has 1 N–H and O–H groups in total. The summed E-state index contributed by atoms with van der Waals surface area (Å²) in [6.45, 7) is 13.7. The smallest absolute Gasteiger partial charge is 0.258 e. The molecule has 0 radical (unpaired) electrons. The topological polar surface area (TPSA) is 107 Å². The predicted molar refractivity (Wildman–Crippen MR) is 186 cm³/mol. The fraction of sp³-hybridized carbons (Fsp3) is 0.472. The van der Waals surface area contributed by atoms with Crippen molar-refractivity contribution >= 4 is 33.0 Å². The molecule has 11 heteroatoms. The van der Waals surface area contributed by atoms with Crippen molar-refractivity contribution < 1.29 is 32.2 Å². The van der Waals surface area contributed by atoms with Gasteiger partial charge in [-0.25, -0.2) is 8.42 Å². The number of carbonyl (C=O) groups excluding carboxylic acids is 1. The average molecular weight is 666 g/mol. The van der Waals surface area contributed by atoms with E-state index in [1.807, 2.05) is 12.1 Å². The summed E-state index contributed by atoms with van der Waals surface area (Å²) in [5.41, 5.74) is 7.07. The number of rotatable bonds is 11. The minimum Gasteiger partial charge on any atom is -0.465 e. The molecule has 254 valence electrons. The molecule has 1 fully saturated rings. The zero-order chi connectivity index (χ0) is 33.9. The van der Waals surface area contributed by atoms with Crippen LogP contribution in [0, 0.1) is 0 Å². The number of benzene rings is 3. The van der Waals surface area contributed by atoms with E-state index in [4.69, 9.17) is 18.9 Å². The Balaban J connectivity index is 1.43. The van der Waals surface area contributed by atoms with Crippen LogP contribution in [0.5, 0.6) is 5.75 Å². The zero-order valence-electron chi connectivity index (χ0n) is 28.5. The van der Waals surface area contributed by atoms with Gasteiger partial charge in [-0.2, -0.15) is 0 Å². The molecule has 0 aliphatic carbocycles. The first kappa shape index (κ1) is 34.7. The van der Waals surface area contributed by atoms with Gasteiger partial charge in [0.05, 0.1) is 37.4 Å². The summed E-state index contributed by atoms with van der Waals surface area (Å²) in [4.78, 5) is 18.0. The Hall–Kier alpha value is -3.64. The van der Waals surface area contributed by atoms with Gasteiger partial charge in [-0.3, -0.25) is 9.52 Å². The number of anilines is 3. The molecule has 2 atom stereocenters. The number of carbonyl (C=O) groups is 1. The van der Waals surface area contributed by atoms with Crippen molar-refractivity contribution in [3.63, 3.8) is 0 Å². The Morgan fingerprint density at radius 1 is 0.957 bits per heavy atom. The number of ether oxygens (including phenoxy) is 4. The summed E-state index contributed by atoms with van der Waals surface area (Å²) >= 11 is 0. The Morgan fingerprint density at radius 3 is 2.36 bits per heavy atom. The Morgan fingerprint density at radius 2 is 1.68 bits per heavy atom. The van der Waals surface area contributed by atoms with Crippen molar-refractivity contribution in [1.29, 1.82) is 0 Å². The lowest BCUT2D eigenvalue weighted by atomic mass is 9.84. The maximum absolute atomic E-state index is 13.9. The van der Waals surface area contributed by atoms with Gasteiger partial charge in [0.2, 0.25) is 10.0 Å². The van der Waals surface area contributed by atoms with E-state index in [1.165, 1.54) is 11.3 Å². The Bertz CT molecular complexity index is 1690. The molecule has 0 unspecified atom stereocenters. The van der Waals surface area contributed by atoms with Crippen LogP contribution in [0.3, 0.4) is 0 Å². The molecule has 3 aromatic rings. The highest BCUT2D eigenvalue weighted by Crippen LogP contribution is 2.39. The molecule has 0 bridgehead atoms. The number of hydrogen-bond acceptors (Lipinski definition) is 8. The molecule has 0 spiro atoms. The van der Waals surface area contributed by atoms with E-state index in [2.05, 4.69) is 68.5 Å². The lowest BCUT2D eigenvalue weighted by Gasteiger charge is -2.38. The fourth-order valence-corrected chi connectivity index (χ4v) is 6.74. The van der Waals surface area contributed by atoms with Crippen LogP contribution in [-0.2, 0) is 36.1 Å². The van der Waals surface area contributed by atoms with Crippen molar-refractivity contribution in [2.75, 3.05) is 67.5 Å². The van der Waals surface area contributed by atoms with Gasteiger partial charge in [0.25, 0.3) is 5.91 Å². The molecule has 2 aliphatic heterocycles. The first-order valence-electron chi connectivity index (χ1n) is 16.0. The quantitative estimate of drug-likeness (QED) is 0.201. The fourth-order valence-electron chi connectivity index (χ4n) is 6.18. The minimum atomic E-state index is -3.61. The van der Waals surface area contributed by atoms with E-state index >= 15 is 0 Å². The van der Waals surface area contributed by atoms with E-state index < -0.39 is 10.0 Å². The second-order valence-electron chi connectivity index (χ2n) is 13.4. The van der Waals surface area contributed by atoms with Gasteiger partial charge >= 0.3 is 0 Å². The molecule has 5 rings (SSSR count). The normalized spacial score (nSPS) is 18.7. The number of nitrogens with one attached hydrogen (secondary N) is 1. The van der Waals surface area contributed by atoms with Crippen molar-refractivity contribution in [1.82, 2.24) is 0 Å². The second kappa shape index (κ2) is 14.2. The molecule has 0 saturated carbocycles. The van der Waals surface area contributed by atoms with Crippen molar-refractivity contribution in [3.8, 4) is 16.9 Å². The van der Waals surface area contributed by atoms with E-state index in [9.17, 15) is 13.2 Å². The van der Waals surface area contributed by atoms with E-state index in [0.29, 0.717) is 43.2 Å². The summed E-state index contributed by atoms with van der Waals surface area (Å²) in [5.74, 6) is 0.155. The number of amides is 1. The van der Waals surface area contributed by atoms with Gasteiger partial charge < -0.3 is 28.7 Å². The molecule has 10 nitrogen and oxygen atoms in total. The third kappa shape index (κ3) is 8.45. The van der Waals surface area contributed by atoms with E-state index in [-0.39, 0.29) is 36.0 Å². The monoisotopic (exact) mass is 665 g/mol. The number of morpholine rings is 1. The molecular weight excluding hydrogens is 618 g/mol. The Kier molecular flexibility index (Phi) is 10.5. The maximum atomic E-state index is 13.9. The van der Waals surface area contributed by atoms with Gasteiger partial charge in [0.15, 0.2) is 6.79 Å². The highest BCUT2D eigenvalue weighted by atomic mass is 32.2. The SMILES string of the molecule is COCCOCOc1ccc(N2CCc3cc(-c4ccc(C(C)(C)C)cc4N4C[C@@H](C)O[C@@H](C)C4)ccc3C2=O)cc1NS(C)(=O)=O. The van der Waals surface area contributed by atoms with Crippen LogP contribution in [0.2, 0.25) is 0 Å². The van der Waals surface area contributed by atoms with Gasteiger partial charge in [-0.1, -0.05) is 45.0 Å². The lowest BCUT2D eigenvalue weighted by molar-refractivity contribution is -0.00814. The van der Waals surface area contributed by atoms with Crippen LogP contribution >= 0.6 is 0 Å². The predicted octanol–water partition coefficient (Wildman–Crippen LogP) is 5.84. The van der Waals surface area contributed by atoms with Gasteiger partial charge in [-0.05, 0) is 72.7 Å². The van der Waals surface area contributed by atoms with Crippen LogP contribution < -0.4 is 19.3 Å². The molecular formula is C36H47N3O7S. The summed E-state index contributed by atoms with van der Waals surface area (Å²) in [6.07, 6.45) is 1.97. The molecule has 47 heavy (non-hydrogen) atoms. The van der Waals surface area contributed by atoms with Gasteiger partial charge in [-0.15, -0.1) is 0 Å². The number of sulfonamides is 1. The van der Waals surface area contributed by atoms with Crippen LogP contribution in [0.15, 0.2) is 54.6 Å². The largest absolute Gasteiger partial charge is 0.465 e. The van der Waals surface area contributed by atoms with Crippen LogP contribution in [0.1, 0.15) is 56.1 Å². The standard InChI is InChI=1S/C36H47N3O7S/c1-24-21-38(22-25(2)46-24)33-19-28(36(3,4)5)9-12-30(33)26-8-11-31-27(18-26)14-15-39(35(31)40)29-10-13-34(45-23-44-17-16-43-6)32(20-29)37-47(7,41)42/h8-13,18-20,24-25,37H,14-17,21-23H2,1-7H3/t24-,25+. The van der Waals surface area contributed by atoms with Crippen LogP contribution in [-0.4, -0.2) is 79.5 Å². The van der Waals surface area contributed by atoms with E-state index in [1.54, 1.807) is 30.2 Å². The first-order chi connectivity index (χ1) is 22.2. The summed E-state index contributed by atoms with van der Waals surface area (Å²) in [5, 5.41) is 0.